The number of nitrogens with zero attached hydrogens (tertiary/aromatic N) is 4. The zero-order valence-electron chi connectivity index (χ0n) is 19.4. The molecule has 0 unspecified atom stereocenters. The van der Waals surface area contributed by atoms with Crippen LogP contribution in [0.4, 0.5) is 21.6 Å². The minimum Gasteiger partial charge on any atom is -0.398 e. The Hall–Kier alpha value is -2.08. The van der Waals surface area contributed by atoms with E-state index in [1.54, 1.807) is 12.4 Å². The van der Waals surface area contributed by atoms with Gasteiger partial charge in [0.25, 0.3) is 0 Å². The monoisotopic (exact) mass is 576 g/mol. The number of aromatic nitrogens is 2. The van der Waals surface area contributed by atoms with E-state index < -0.39 is 0 Å². The van der Waals surface area contributed by atoms with Gasteiger partial charge in [-0.2, -0.15) is 0 Å². The lowest BCUT2D eigenvalue weighted by Crippen LogP contribution is -2.56. The molecule has 0 aliphatic carbocycles. The summed E-state index contributed by atoms with van der Waals surface area (Å²) in [5.41, 5.74) is 10.8. The number of nitrogen functional groups attached to an aromatic ring is 1. The molecule has 3 heterocycles. The summed E-state index contributed by atoms with van der Waals surface area (Å²) in [5.74, 6) is 0.460. The zero-order valence-corrected chi connectivity index (χ0v) is 21.5. The van der Waals surface area contributed by atoms with Gasteiger partial charge in [-0.05, 0) is 61.3 Å². The van der Waals surface area contributed by atoms with Gasteiger partial charge in [0, 0.05) is 60.6 Å². The average molecular weight is 576 g/mol. The third-order valence-corrected chi connectivity index (χ3v) is 8.01. The second-order valence-electron chi connectivity index (χ2n) is 9.18. The van der Waals surface area contributed by atoms with Gasteiger partial charge in [0.15, 0.2) is 0 Å². The highest BCUT2D eigenvalue weighted by Gasteiger charge is 2.42. The molecule has 2 aromatic carbocycles. The van der Waals surface area contributed by atoms with Crippen molar-refractivity contribution in [3.63, 3.8) is 0 Å². The Bertz CT molecular complexity index is 1180. The lowest BCUT2D eigenvalue weighted by molar-refractivity contribution is -0.0480. The van der Waals surface area contributed by atoms with Crippen molar-refractivity contribution in [3.05, 3.63) is 53.6 Å². The standard InChI is InChI=1S/C25H30FIN6O/c1-32-6-8-33(9-7-32)25(4-10-34-11-5-25)20-14-23-19(13-22(20)28)24(30-16-29-23)31-18-2-3-21(26)17(12-18)15-27/h2-3,12-14,16H,4-11,15,28H2,1H3,(H,29,30,31). The highest BCUT2D eigenvalue weighted by atomic mass is 127. The molecular weight excluding hydrogens is 546 g/mol. The largest absolute Gasteiger partial charge is 0.398 e. The summed E-state index contributed by atoms with van der Waals surface area (Å²) < 4.78 is 20.3. The Morgan fingerprint density at radius 3 is 2.62 bits per heavy atom. The van der Waals surface area contributed by atoms with Gasteiger partial charge >= 0.3 is 0 Å². The van der Waals surface area contributed by atoms with E-state index in [1.165, 1.54) is 6.07 Å². The third kappa shape index (κ3) is 4.46. The predicted molar refractivity (Wildman–Crippen MR) is 142 cm³/mol. The number of hydrogen-bond acceptors (Lipinski definition) is 7. The van der Waals surface area contributed by atoms with Gasteiger partial charge in [-0.15, -0.1) is 0 Å². The highest BCUT2D eigenvalue weighted by molar-refractivity contribution is 14.1. The van der Waals surface area contributed by atoms with Crippen molar-refractivity contribution in [1.82, 2.24) is 19.8 Å². The number of fused-ring (bicyclic) bond motifs is 1. The van der Waals surface area contributed by atoms with Gasteiger partial charge in [-0.1, -0.05) is 22.6 Å². The Labute approximate surface area is 213 Å². The first kappa shape index (κ1) is 23.7. The first-order valence-corrected chi connectivity index (χ1v) is 13.2. The van der Waals surface area contributed by atoms with Crippen LogP contribution < -0.4 is 11.1 Å². The van der Waals surface area contributed by atoms with E-state index in [0.717, 1.165) is 80.1 Å². The van der Waals surface area contributed by atoms with E-state index in [-0.39, 0.29) is 11.4 Å². The van der Waals surface area contributed by atoms with Crippen LogP contribution in [-0.4, -0.2) is 66.2 Å². The van der Waals surface area contributed by atoms with Gasteiger partial charge in [0.05, 0.1) is 11.1 Å². The van der Waals surface area contributed by atoms with Crippen LogP contribution in [0.2, 0.25) is 0 Å². The fourth-order valence-electron chi connectivity index (χ4n) is 5.21. The van der Waals surface area contributed by atoms with Crippen LogP contribution in [-0.2, 0) is 14.7 Å². The number of hydrogen-bond donors (Lipinski definition) is 2. The summed E-state index contributed by atoms with van der Waals surface area (Å²) in [6.07, 6.45) is 3.40. The van der Waals surface area contributed by atoms with Gasteiger partial charge < -0.3 is 20.7 Å². The van der Waals surface area contributed by atoms with Crippen LogP contribution >= 0.6 is 22.6 Å². The number of halogens is 2. The summed E-state index contributed by atoms with van der Waals surface area (Å²) in [6.45, 7) is 5.56. The third-order valence-electron chi connectivity index (χ3n) is 7.19. The molecule has 5 rings (SSSR count). The number of likely N-dealkylation sites (N-methyl/N-ethyl adjacent to an activating group) is 1. The van der Waals surface area contributed by atoms with Crippen molar-refractivity contribution < 1.29 is 9.13 Å². The molecule has 0 atom stereocenters. The topological polar surface area (TPSA) is 79.5 Å². The van der Waals surface area contributed by atoms with Gasteiger partial charge in [0.2, 0.25) is 0 Å². The Kier molecular flexibility index (Phi) is 6.88. The fraction of sp³-hybridized carbons (Fsp3) is 0.440. The van der Waals surface area contributed by atoms with Crippen LogP contribution in [0.1, 0.15) is 24.0 Å². The molecule has 3 aromatic rings. The second-order valence-corrected chi connectivity index (χ2v) is 9.94. The molecule has 7 nitrogen and oxygen atoms in total. The van der Waals surface area contributed by atoms with Crippen LogP contribution in [0.3, 0.4) is 0 Å². The number of alkyl halides is 1. The molecule has 0 amide bonds. The molecule has 1 aromatic heterocycles. The van der Waals surface area contributed by atoms with Crippen molar-refractivity contribution in [2.75, 3.05) is 57.5 Å². The molecule has 3 N–H and O–H groups in total. The van der Waals surface area contributed by atoms with E-state index in [2.05, 4.69) is 60.8 Å². The van der Waals surface area contributed by atoms with E-state index in [1.807, 2.05) is 12.1 Å². The molecule has 0 saturated carbocycles. The summed E-state index contributed by atoms with van der Waals surface area (Å²) >= 11 is 2.17. The maximum absolute atomic E-state index is 14.0. The molecule has 2 fully saturated rings. The Morgan fingerprint density at radius 2 is 1.88 bits per heavy atom. The minimum absolute atomic E-state index is 0.150. The maximum atomic E-state index is 14.0. The maximum Gasteiger partial charge on any atom is 0.141 e. The summed E-state index contributed by atoms with van der Waals surface area (Å²) in [5, 5.41) is 4.19. The molecule has 0 bridgehead atoms. The SMILES string of the molecule is CN1CCN(C2(c3cc4ncnc(Nc5ccc(F)c(CI)c5)c4cc3N)CCOCC2)CC1. The molecule has 180 valence electrons. The number of nitrogens with one attached hydrogen (secondary N) is 1. The van der Waals surface area contributed by atoms with E-state index in [4.69, 9.17) is 10.5 Å². The molecule has 9 heteroatoms. The van der Waals surface area contributed by atoms with Crippen molar-refractivity contribution in [1.29, 1.82) is 0 Å². The summed E-state index contributed by atoms with van der Waals surface area (Å²) in [7, 11) is 2.17. The van der Waals surface area contributed by atoms with Crippen LogP contribution in [0.5, 0.6) is 0 Å². The highest BCUT2D eigenvalue weighted by Crippen LogP contribution is 2.43. The molecule has 2 aliphatic rings. The molecule has 34 heavy (non-hydrogen) atoms. The number of piperazine rings is 1. The average Bonchev–Trinajstić information content (AvgIpc) is 2.86. The molecule has 0 spiro atoms. The summed E-state index contributed by atoms with van der Waals surface area (Å²) in [6, 6.07) is 9.15. The molecule has 2 aliphatic heterocycles. The quantitative estimate of drug-likeness (QED) is 0.267. The summed E-state index contributed by atoms with van der Waals surface area (Å²) in [4.78, 5) is 14.0. The number of benzene rings is 2. The number of nitrogens with two attached hydrogens (primary N) is 1. The van der Waals surface area contributed by atoms with E-state index in [0.29, 0.717) is 15.8 Å². The Balaban J connectivity index is 1.54. The van der Waals surface area contributed by atoms with Crippen LogP contribution in [0.25, 0.3) is 10.9 Å². The van der Waals surface area contributed by atoms with Crippen LogP contribution in [0, 0.1) is 5.82 Å². The number of rotatable bonds is 5. The zero-order chi connectivity index (χ0) is 23.7. The van der Waals surface area contributed by atoms with Gasteiger partial charge in [-0.25, -0.2) is 14.4 Å². The minimum atomic E-state index is -0.202. The number of anilines is 3. The van der Waals surface area contributed by atoms with E-state index >= 15 is 0 Å². The molecule has 2 saturated heterocycles. The smallest absolute Gasteiger partial charge is 0.141 e. The van der Waals surface area contributed by atoms with Crippen molar-refractivity contribution >= 4 is 50.7 Å². The fourth-order valence-corrected chi connectivity index (χ4v) is 5.80. The number of ether oxygens (including phenoxy) is 1. The lowest BCUT2D eigenvalue weighted by atomic mass is 9.79. The van der Waals surface area contributed by atoms with Crippen molar-refractivity contribution in [3.8, 4) is 0 Å². The second kappa shape index (κ2) is 9.88. The van der Waals surface area contributed by atoms with Gasteiger partial charge in [0.1, 0.15) is 18.0 Å². The van der Waals surface area contributed by atoms with Crippen LogP contribution in [0.15, 0.2) is 36.7 Å². The predicted octanol–water partition coefficient (Wildman–Crippen LogP) is 4.28. The first-order chi connectivity index (χ1) is 16.5. The van der Waals surface area contributed by atoms with Crippen molar-refractivity contribution in [2.24, 2.45) is 0 Å². The van der Waals surface area contributed by atoms with Gasteiger partial charge in [-0.3, -0.25) is 4.90 Å². The molecular formula is C25H30FIN6O. The first-order valence-electron chi connectivity index (χ1n) is 11.7. The molecule has 0 radical (unpaired) electrons. The lowest BCUT2D eigenvalue weighted by Gasteiger charge is -2.50. The normalized spacial score (nSPS) is 19.4. The Morgan fingerprint density at radius 1 is 1.12 bits per heavy atom. The van der Waals surface area contributed by atoms with Crippen molar-refractivity contribution in [2.45, 2.75) is 22.8 Å². The van der Waals surface area contributed by atoms with E-state index in [9.17, 15) is 4.39 Å².